The molecule has 90 valence electrons. The maximum Gasteiger partial charge on any atom is 0.241 e. The molecule has 0 saturated heterocycles. The maximum atomic E-state index is 2.51. The van der Waals surface area contributed by atoms with Crippen LogP contribution in [0.4, 0.5) is 0 Å². The predicted octanol–water partition coefficient (Wildman–Crippen LogP) is 0.387. The number of alkyl halides is 1. The highest BCUT2D eigenvalue weighted by Crippen LogP contribution is 2.33. The number of nitrogens with zero attached hydrogens (tertiary/aromatic N) is 1. The molecule has 0 aliphatic carbocycles. The Labute approximate surface area is 137 Å². The summed E-state index contributed by atoms with van der Waals surface area (Å²) >= 11 is 4.47. The summed E-state index contributed by atoms with van der Waals surface area (Å²) in [4.78, 5) is 0. The van der Waals surface area contributed by atoms with Crippen molar-refractivity contribution >= 4 is 45.3 Å². The second-order valence-corrected chi connectivity index (χ2v) is 6.24. The topological polar surface area (TPSA) is 3.88 Å². The lowest BCUT2D eigenvalue weighted by Gasteiger charge is -2.16. The molecule has 1 nitrogen and oxygen atoms in total. The number of benzene rings is 1. The van der Waals surface area contributed by atoms with E-state index in [0.717, 1.165) is 4.43 Å². The Morgan fingerprint density at radius 3 is 2.82 bits per heavy atom. The van der Waals surface area contributed by atoms with E-state index in [1.165, 1.54) is 21.7 Å². The van der Waals surface area contributed by atoms with E-state index in [1.807, 2.05) is 11.8 Å². The molecule has 1 atom stereocenters. The molecule has 2 heterocycles. The van der Waals surface area contributed by atoms with Crippen molar-refractivity contribution in [2.45, 2.75) is 17.5 Å². The van der Waals surface area contributed by atoms with Crippen LogP contribution in [0.1, 0.15) is 6.92 Å². The van der Waals surface area contributed by atoms with Crippen LogP contribution in [0.15, 0.2) is 41.4 Å². The first-order chi connectivity index (χ1) is 7.74. The smallest absolute Gasteiger partial charge is 0.241 e. The van der Waals surface area contributed by atoms with E-state index in [4.69, 9.17) is 0 Å². The molecule has 1 aromatic carbocycles. The molecule has 0 N–H and O–H groups in total. The van der Waals surface area contributed by atoms with Gasteiger partial charge in [0.25, 0.3) is 0 Å². The molecule has 0 amide bonds. The van der Waals surface area contributed by atoms with Crippen molar-refractivity contribution in [1.82, 2.24) is 0 Å². The number of rotatable bonds is 1. The molecule has 0 radical (unpaired) electrons. The van der Waals surface area contributed by atoms with E-state index in [-0.39, 0.29) is 29.5 Å². The third-order valence-electron chi connectivity index (χ3n) is 3.16. The summed E-state index contributed by atoms with van der Waals surface area (Å²) in [5.74, 6) is 1.18. The number of hydrogen-bond acceptors (Lipinski definition) is 1. The first-order valence-electron chi connectivity index (χ1n) is 5.38. The molecule has 1 aliphatic heterocycles. The average molecular weight is 469 g/mol. The van der Waals surface area contributed by atoms with Gasteiger partial charge < -0.3 is 24.0 Å². The number of aromatic nitrogens is 1. The van der Waals surface area contributed by atoms with E-state index >= 15 is 0 Å². The van der Waals surface area contributed by atoms with Gasteiger partial charge in [-0.05, 0) is 23.9 Å². The van der Waals surface area contributed by atoms with Gasteiger partial charge in [-0.15, -0.1) is 0 Å². The molecule has 0 fully saturated rings. The van der Waals surface area contributed by atoms with Crippen LogP contribution in [-0.4, -0.2) is 10.2 Å². The first kappa shape index (κ1) is 13.9. The van der Waals surface area contributed by atoms with E-state index in [9.17, 15) is 0 Å². The summed E-state index contributed by atoms with van der Waals surface area (Å²) < 4.78 is 3.67. The van der Waals surface area contributed by atoms with Crippen LogP contribution in [0, 0.1) is 0 Å². The standard InChI is InChI=1S/C13H13INS.HI/c1-13(8-14)9-16-12-7-6-10-4-2-3-5-11(10)15(12)13;/h2-7H,8-9H2,1H3;1H/q+1;/p-1. The van der Waals surface area contributed by atoms with Crippen molar-refractivity contribution in [3.8, 4) is 0 Å². The molecule has 17 heavy (non-hydrogen) atoms. The zero-order valence-electron chi connectivity index (χ0n) is 9.49. The van der Waals surface area contributed by atoms with Crippen LogP contribution in [0.2, 0.25) is 0 Å². The van der Waals surface area contributed by atoms with Gasteiger partial charge in [-0.1, -0.05) is 34.7 Å². The lowest BCUT2D eigenvalue weighted by molar-refractivity contribution is -0.754. The minimum absolute atomic E-state index is 0. The van der Waals surface area contributed by atoms with Gasteiger partial charge >= 0.3 is 0 Å². The Morgan fingerprint density at radius 1 is 1.29 bits per heavy atom. The fraction of sp³-hybridized carbons (Fsp3) is 0.308. The number of halogens is 2. The molecule has 0 saturated carbocycles. The minimum atomic E-state index is 0. The van der Waals surface area contributed by atoms with Gasteiger partial charge in [0.15, 0.2) is 5.54 Å². The molecule has 1 aromatic heterocycles. The SMILES string of the molecule is CC1(CI)CSc2ccc3ccccc3[n+]21.[I-]. The first-order valence-corrected chi connectivity index (χ1v) is 7.89. The molecule has 4 heteroatoms. The Bertz CT molecular complexity index is 558. The minimum Gasteiger partial charge on any atom is -1.00 e. The van der Waals surface area contributed by atoms with E-state index < -0.39 is 0 Å². The van der Waals surface area contributed by atoms with Crippen molar-refractivity contribution < 1.29 is 28.5 Å². The van der Waals surface area contributed by atoms with Gasteiger partial charge in [0.2, 0.25) is 10.5 Å². The zero-order valence-corrected chi connectivity index (χ0v) is 14.6. The van der Waals surface area contributed by atoms with Crippen LogP contribution < -0.4 is 28.5 Å². The third-order valence-corrected chi connectivity index (χ3v) is 6.19. The fourth-order valence-corrected chi connectivity index (χ4v) is 4.53. The van der Waals surface area contributed by atoms with Crippen LogP contribution in [0.25, 0.3) is 10.9 Å². The maximum absolute atomic E-state index is 2.51. The molecule has 1 aliphatic rings. The number of thioether (sulfide) groups is 1. The average Bonchev–Trinajstić information content (AvgIpc) is 2.68. The van der Waals surface area contributed by atoms with Gasteiger partial charge in [-0.25, -0.2) is 0 Å². The number of hydrogen-bond donors (Lipinski definition) is 0. The molecular formula is C13H13I2NS. The summed E-state index contributed by atoms with van der Waals surface area (Å²) in [6.45, 7) is 2.36. The highest BCUT2D eigenvalue weighted by molar-refractivity contribution is 14.1. The number of pyridine rings is 1. The van der Waals surface area contributed by atoms with Crippen LogP contribution in [0.5, 0.6) is 0 Å². The summed E-state index contributed by atoms with van der Waals surface area (Å²) in [7, 11) is 0. The van der Waals surface area contributed by atoms with Gasteiger partial charge in [0, 0.05) is 24.4 Å². The monoisotopic (exact) mass is 469 g/mol. The third kappa shape index (κ3) is 2.20. The van der Waals surface area contributed by atoms with Crippen LogP contribution in [-0.2, 0) is 5.54 Å². The Kier molecular flexibility index (Phi) is 4.24. The van der Waals surface area contributed by atoms with E-state index in [2.05, 4.69) is 70.5 Å². The van der Waals surface area contributed by atoms with Crippen molar-refractivity contribution in [1.29, 1.82) is 0 Å². The summed E-state index contributed by atoms with van der Waals surface area (Å²) in [6.07, 6.45) is 0. The quantitative estimate of drug-likeness (QED) is 0.332. The Balaban J connectivity index is 0.00000108. The molecule has 2 aromatic rings. The Hall–Kier alpha value is 0.440. The fourth-order valence-electron chi connectivity index (χ4n) is 2.25. The van der Waals surface area contributed by atoms with E-state index in [1.54, 1.807) is 0 Å². The van der Waals surface area contributed by atoms with Gasteiger partial charge in [0.05, 0.1) is 10.2 Å². The van der Waals surface area contributed by atoms with Crippen molar-refractivity contribution in [2.75, 3.05) is 10.2 Å². The summed E-state index contributed by atoms with van der Waals surface area (Å²) in [5.41, 5.74) is 1.63. The number of fused-ring (bicyclic) bond motifs is 3. The normalized spacial score (nSPS) is 22.2. The van der Waals surface area contributed by atoms with Crippen molar-refractivity contribution in [3.05, 3.63) is 36.4 Å². The summed E-state index contributed by atoms with van der Waals surface area (Å²) in [5, 5.41) is 2.74. The van der Waals surface area contributed by atoms with Gasteiger partial charge in [0.1, 0.15) is 0 Å². The highest BCUT2D eigenvalue weighted by atomic mass is 127. The zero-order chi connectivity index (χ0) is 11.2. The second kappa shape index (κ2) is 5.21. The van der Waals surface area contributed by atoms with E-state index in [0.29, 0.717) is 0 Å². The largest absolute Gasteiger partial charge is 1.00 e. The number of para-hydroxylation sites is 1. The lowest BCUT2D eigenvalue weighted by atomic mass is 10.1. The van der Waals surface area contributed by atoms with Gasteiger partial charge in [-0.2, -0.15) is 4.57 Å². The van der Waals surface area contributed by atoms with Crippen LogP contribution >= 0.6 is 34.4 Å². The van der Waals surface area contributed by atoms with Gasteiger partial charge in [-0.3, -0.25) is 0 Å². The molecule has 0 bridgehead atoms. The highest BCUT2D eigenvalue weighted by Gasteiger charge is 2.43. The molecule has 0 spiro atoms. The summed E-state index contributed by atoms with van der Waals surface area (Å²) in [6, 6.07) is 13.1. The predicted molar refractivity (Wildman–Crippen MR) is 77.4 cm³/mol. The molecule has 3 rings (SSSR count). The Morgan fingerprint density at radius 2 is 2.06 bits per heavy atom. The molecule has 1 unspecified atom stereocenters. The molecular weight excluding hydrogens is 456 g/mol. The second-order valence-electron chi connectivity index (χ2n) is 4.49. The van der Waals surface area contributed by atoms with Crippen LogP contribution in [0.3, 0.4) is 0 Å². The van der Waals surface area contributed by atoms with Crippen molar-refractivity contribution in [2.24, 2.45) is 0 Å². The van der Waals surface area contributed by atoms with Crippen molar-refractivity contribution in [3.63, 3.8) is 0 Å². The lowest BCUT2D eigenvalue weighted by Crippen LogP contribution is -3.00.